The number of aliphatic hydroxyl groups is 1. The molecule has 1 aliphatic heterocycles. The lowest BCUT2D eigenvalue weighted by atomic mass is 9.97. The number of ether oxygens (including phenoxy) is 5. The van der Waals surface area contributed by atoms with Gasteiger partial charge in [0.25, 0.3) is 0 Å². The second-order valence-corrected chi connectivity index (χ2v) is 9.44. The number of benzene rings is 4. The van der Waals surface area contributed by atoms with E-state index < -0.39 is 30.7 Å². The van der Waals surface area contributed by atoms with Crippen molar-refractivity contribution in [2.75, 3.05) is 6.61 Å². The van der Waals surface area contributed by atoms with Crippen LogP contribution in [-0.2, 0) is 38.8 Å². The highest BCUT2D eigenvalue weighted by atomic mass is 16.7. The quantitative estimate of drug-likeness (QED) is 0.262. The van der Waals surface area contributed by atoms with Crippen molar-refractivity contribution in [1.29, 1.82) is 0 Å². The van der Waals surface area contributed by atoms with Crippen LogP contribution in [0.15, 0.2) is 121 Å². The average molecular weight is 527 g/mol. The normalized spacial score (nSPS) is 22.8. The summed E-state index contributed by atoms with van der Waals surface area (Å²) in [4.78, 5) is 0. The highest BCUT2D eigenvalue weighted by Gasteiger charge is 2.49. The van der Waals surface area contributed by atoms with Crippen LogP contribution in [-0.4, -0.2) is 42.4 Å². The van der Waals surface area contributed by atoms with Gasteiger partial charge >= 0.3 is 0 Å². The lowest BCUT2D eigenvalue weighted by molar-refractivity contribution is -0.318. The van der Waals surface area contributed by atoms with Gasteiger partial charge in [0.1, 0.15) is 24.1 Å². The molecule has 0 saturated carbocycles. The molecule has 0 amide bonds. The van der Waals surface area contributed by atoms with E-state index in [-0.39, 0.29) is 6.61 Å². The molecule has 1 N–H and O–H groups in total. The summed E-state index contributed by atoms with van der Waals surface area (Å²) in [5.74, 6) is 0.656. The first-order valence-electron chi connectivity index (χ1n) is 13.2. The van der Waals surface area contributed by atoms with Crippen LogP contribution in [0.2, 0.25) is 0 Å². The molecule has 0 spiro atoms. The fourth-order valence-corrected chi connectivity index (χ4v) is 4.61. The van der Waals surface area contributed by atoms with E-state index in [0.717, 1.165) is 16.7 Å². The minimum atomic E-state index is -0.789. The molecule has 202 valence electrons. The number of hydrogen-bond acceptors (Lipinski definition) is 6. The predicted molar refractivity (Wildman–Crippen MR) is 148 cm³/mol. The SMILES string of the molecule is OC[C@H]1O[C@H](OCc2ccccc2)[C@H](OCc2ccccc2)[C@@H](OCc2ccccc2)[C@@H]1Oc1ccccc1. The van der Waals surface area contributed by atoms with Gasteiger partial charge in [-0.15, -0.1) is 0 Å². The molecule has 0 radical (unpaired) electrons. The van der Waals surface area contributed by atoms with E-state index in [4.69, 9.17) is 23.7 Å². The Labute approximate surface area is 229 Å². The van der Waals surface area contributed by atoms with Gasteiger partial charge in [0.05, 0.1) is 26.4 Å². The molecule has 0 aromatic heterocycles. The first kappa shape index (κ1) is 27.1. The van der Waals surface area contributed by atoms with Crippen LogP contribution >= 0.6 is 0 Å². The summed E-state index contributed by atoms with van der Waals surface area (Å²) >= 11 is 0. The summed E-state index contributed by atoms with van der Waals surface area (Å²) in [6, 6.07) is 39.3. The Morgan fingerprint density at radius 2 is 0.949 bits per heavy atom. The molecule has 5 rings (SSSR count). The van der Waals surface area contributed by atoms with Gasteiger partial charge in [0, 0.05) is 0 Å². The summed E-state index contributed by atoms with van der Waals surface area (Å²) in [6.45, 7) is 0.742. The van der Waals surface area contributed by atoms with Crippen LogP contribution in [0.4, 0.5) is 0 Å². The van der Waals surface area contributed by atoms with Crippen molar-refractivity contribution in [2.45, 2.75) is 50.5 Å². The van der Waals surface area contributed by atoms with E-state index >= 15 is 0 Å². The first-order valence-corrected chi connectivity index (χ1v) is 13.2. The fraction of sp³-hybridized carbons (Fsp3) is 0.273. The van der Waals surface area contributed by atoms with Crippen molar-refractivity contribution in [3.63, 3.8) is 0 Å². The maximum Gasteiger partial charge on any atom is 0.187 e. The highest BCUT2D eigenvalue weighted by molar-refractivity contribution is 5.22. The van der Waals surface area contributed by atoms with Crippen LogP contribution in [0.25, 0.3) is 0 Å². The smallest absolute Gasteiger partial charge is 0.187 e. The van der Waals surface area contributed by atoms with Gasteiger partial charge in [-0.25, -0.2) is 0 Å². The monoisotopic (exact) mass is 526 g/mol. The zero-order valence-corrected chi connectivity index (χ0v) is 21.8. The number of hydrogen-bond donors (Lipinski definition) is 1. The Morgan fingerprint density at radius 1 is 0.513 bits per heavy atom. The van der Waals surface area contributed by atoms with Crippen molar-refractivity contribution < 1.29 is 28.8 Å². The Hall–Kier alpha value is -3.52. The molecule has 1 heterocycles. The Morgan fingerprint density at radius 3 is 1.44 bits per heavy atom. The average Bonchev–Trinajstić information content (AvgIpc) is 3.00. The van der Waals surface area contributed by atoms with Gasteiger partial charge in [-0.1, -0.05) is 109 Å². The van der Waals surface area contributed by atoms with Crippen LogP contribution in [0.3, 0.4) is 0 Å². The van der Waals surface area contributed by atoms with Gasteiger partial charge in [-0.05, 0) is 28.8 Å². The van der Waals surface area contributed by atoms with E-state index in [1.165, 1.54) is 0 Å². The third-order valence-corrected chi connectivity index (χ3v) is 6.61. The van der Waals surface area contributed by atoms with Crippen LogP contribution in [0.5, 0.6) is 5.75 Å². The molecule has 6 heteroatoms. The molecular formula is C33H34O6. The van der Waals surface area contributed by atoms with Gasteiger partial charge in [0.2, 0.25) is 0 Å². The molecular weight excluding hydrogens is 492 g/mol. The van der Waals surface area contributed by atoms with Crippen molar-refractivity contribution in [1.82, 2.24) is 0 Å². The maximum absolute atomic E-state index is 10.4. The lowest BCUT2D eigenvalue weighted by Crippen LogP contribution is -2.62. The van der Waals surface area contributed by atoms with Gasteiger partial charge in [0.15, 0.2) is 12.4 Å². The van der Waals surface area contributed by atoms with Crippen molar-refractivity contribution in [3.05, 3.63) is 138 Å². The zero-order chi connectivity index (χ0) is 26.7. The van der Waals surface area contributed by atoms with Gasteiger partial charge < -0.3 is 28.8 Å². The third kappa shape index (κ3) is 7.53. The molecule has 1 saturated heterocycles. The molecule has 39 heavy (non-hydrogen) atoms. The summed E-state index contributed by atoms with van der Waals surface area (Å²) in [7, 11) is 0. The second-order valence-electron chi connectivity index (χ2n) is 9.44. The topological polar surface area (TPSA) is 66.4 Å². The number of rotatable bonds is 12. The molecule has 5 atom stereocenters. The predicted octanol–water partition coefficient (Wildman–Crippen LogP) is 5.54. The lowest BCUT2D eigenvalue weighted by Gasteiger charge is -2.45. The van der Waals surface area contributed by atoms with E-state index in [0.29, 0.717) is 25.6 Å². The molecule has 0 unspecified atom stereocenters. The fourth-order valence-electron chi connectivity index (χ4n) is 4.61. The van der Waals surface area contributed by atoms with Crippen LogP contribution in [0.1, 0.15) is 16.7 Å². The minimum Gasteiger partial charge on any atom is -0.485 e. The minimum absolute atomic E-state index is 0.265. The standard InChI is InChI=1S/C33H34O6/c34-21-29-30(38-28-19-11-4-12-20-28)31(35-22-25-13-5-1-6-14-25)32(36-23-26-15-7-2-8-16-26)33(39-29)37-24-27-17-9-3-10-18-27/h1-20,29-34H,21-24H2/t29-,30-,31+,32-,33+/m1/s1. The van der Waals surface area contributed by atoms with Gasteiger partial charge in [-0.3, -0.25) is 0 Å². The summed E-state index contributed by atoms with van der Waals surface area (Å²) in [5.41, 5.74) is 3.05. The maximum atomic E-state index is 10.4. The van der Waals surface area contributed by atoms with Crippen molar-refractivity contribution >= 4 is 0 Å². The van der Waals surface area contributed by atoms with Crippen molar-refractivity contribution in [3.8, 4) is 5.75 Å². The summed E-state index contributed by atoms with van der Waals surface area (Å²) in [6.07, 6.45) is -3.35. The van der Waals surface area contributed by atoms with Crippen molar-refractivity contribution in [2.24, 2.45) is 0 Å². The summed E-state index contributed by atoms with van der Waals surface area (Å²) < 4.78 is 32.1. The number of para-hydroxylation sites is 1. The highest BCUT2D eigenvalue weighted by Crippen LogP contribution is 2.32. The molecule has 1 fully saturated rings. The van der Waals surface area contributed by atoms with E-state index in [1.807, 2.05) is 121 Å². The largest absolute Gasteiger partial charge is 0.485 e. The zero-order valence-electron chi connectivity index (χ0n) is 21.8. The molecule has 0 aliphatic carbocycles. The summed E-state index contributed by atoms with van der Waals surface area (Å²) in [5, 5.41) is 10.4. The molecule has 4 aromatic rings. The van der Waals surface area contributed by atoms with E-state index in [2.05, 4.69) is 0 Å². The molecule has 6 nitrogen and oxygen atoms in total. The molecule has 4 aromatic carbocycles. The third-order valence-electron chi connectivity index (χ3n) is 6.61. The van der Waals surface area contributed by atoms with Gasteiger partial charge in [-0.2, -0.15) is 0 Å². The Balaban J connectivity index is 1.44. The van der Waals surface area contributed by atoms with E-state index in [9.17, 15) is 5.11 Å². The second kappa shape index (κ2) is 14.0. The Kier molecular flexibility index (Phi) is 9.74. The molecule has 1 aliphatic rings. The number of aliphatic hydroxyl groups excluding tert-OH is 1. The molecule has 0 bridgehead atoms. The van der Waals surface area contributed by atoms with E-state index in [1.54, 1.807) is 0 Å². The van der Waals surface area contributed by atoms with Crippen LogP contribution < -0.4 is 4.74 Å². The van der Waals surface area contributed by atoms with Crippen LogP contribution in [0, 0.1) is 0 Å². The Bertz CT molecular complexity index is 1220. The first-order chi connectivity index (χ1) is 19.3.